The van der Waals surface area contributed by atoms with Gasteiger partial charge in [-0.25, -0.2) is 4.79 Å². The quantitative estimate of drug-likeness (QED) is 0.456. The molecule has 0 aliphatic heterocycles. The van der Waals surface area contributed by atoms with Crippen LogP contribution in [-0.4, -0.2) is 12.2 Å². The summed E-state index contributed by atoms with van der Waals surface area (Å²) < 4.78 is 0. The average molecular weight is 307 g/mol. The minimum absolute atomic E-state index is 0.365. The number of allylic oxidation sites excluding steroid dienone is 1. The highest BCUT2D eigenvalue weighted by Crippen LogP contribution is 2.28. The van der Waals surface area contributed by atoms with Gasteiger partial charge in [-0.2, -0.15) is 0 Å². The van der Waals surface area contributed by atoms with Gasteiger partial charge in [0.05, 0.1) is 6.21 Å². The van der Waals surface area contributed by atoms with Crippen molar-refractivity contribution in [1.29, 1.82) is 0 Å². The maximum atomic E-state index is 10.8. The Balaban J connectivity index is 2.41. The van der Waals surface area contributed by atoms with E-state index in [-0.39, 0.29) is 5.41 Å². The van der Waals surface area contributed by atoms with Crippen molar-refractivity contribution in [3.05, 3.63) is 77.9 Å². The van der Waals surface area contributed by atoms with Gasteiger partial charge in [0.25, 0.3) is 0 Å². The molecule has 0 aliphatic rings. The molecule has 0 bridgehead atoms. The first-order valence-corrected chi connectivity index (χ1v) is 7.54. The van der Waals surface area contributed by atoms with Crippen molar-refractivity contribution in [2.75, 3.05) is 0 Å². The second-order valence-corrected chi connectivity index (χ2v) is 5.93. The van der Waals surface area contributed by atoms with Crippen LogP contribution in [0, 0.1) is 5.41 Å². The lowest BCUT2D eigenvalue weighted by Crippen LogP contribution is -2.11. The molecular weight excluding hydrogens is 286 g/mol. The molecule has 0 aliphatic carbocycles. The number of hydrogen-bond acceptors (Lipinski definition) is 3. The molecule has 0 amide bonds. The minimum atomic E-state index is -0.424. The van der Waals surface area contributed by atoms with Crippen LogP contribution in [0.15, 0.2) is 71.9 Å². The SMILES string of the molecule is CC(=O)O/N=C/C(C)(C)C=C(c1ccccc1)c1ccccc1. The molecule has 3 nitrogen and oxygen atoms in total. The molecule has 23 heavy (non-hydrogen) atoms. The van der Waals surface area contributed by atoms with Crippen molar-refractivity contribution in [2.45, 2.75) is 20.8 Å². The zero-order chi connectivity index (χ0) is 16.7. The largest absolute Gasteiger partial charge is 0.331 e. The van der Waals surface area contributed by atoms with Gasteiger partial charge in [-0.3, -0.25) is 0 Å². The Labute approximate surface area is 137 Å². The summed E-state index contributed by atoms with van der Waals surface area (Å²) in [6, 6.07) is 20.4. The molecule has 2 aromatic rings. The molecule has 0 fully saturated rings. The van der Waals surface area contributed by atoms with E-state index in [9.17, 15) is 4.79 Å². The van der Waals surface area contributed by atoms with Crippen LogP contribution in [0.5, 0.6) is 0 Å². The molecule has 0 N–H and O–H groups in total. The lowest BCUT2D eigenvalue weighted by molar-refractivity contribution is -0.140. The van der Waals surface area contributed by atoms with Crippen molar-refractivity contribution in [3.63, 3.8) is 0 Å². The first-order chi connectivity index (χ1) is 11.0. The molecule has 118 valence electrons. The Morgan fingerprint density at radius 1 is 0.957 bits per heavy atom. The molecule has 0 spiro atoms. The molecule has 0 heterocycles. The lowest BCUT2D eigenvalue weighted by atomic mass is 9.87. The van der Waals surface area contributed by atoms with Crippen LogP contribution in [0.1, 0.15) is 31.9 Å². The Bertz CT molecular complexity index is 659. The van der Waals surface area contributed by atoms with Gasteiger partial charge in [-0.1, -0.05) is 85.7 Å². The van der Waals surface area contributed by atoms with Crippen LogP contribution in [0.4, 0.5) is 0 Å². The van der Waals surface area contributed by atoms with Crippen LogP contribution in [-0.2, 0) is 9.63 Å². The standard InChI is InChI=1S/C20H21NO2/c1-16(22)23-21-15-20(2,3)14-19(17-10-6-4-7-11-17)18-12-8-5-9-13-18/h4-15H,1-3H3/b21-15+. The minimum Gasteiger partial charge on any atom is -0.319 e. The predicted molar refractivity (Wildman–Crippen MR) is 94.0 cm³/mol. The average Bonchev–Trinajstić information content (AvgIpc) is 2.54. The summed E-state index contributed by atoms with van der Waals surface area (Å²) in [6.45, 7) is 5.37. The van der Waals surface area contributed by atoms with Crippen LogP contribution in [0.2, 0.25) is 0 Å². The smallest absolute Gasteiger partial charge is 0.319 e. The number of hydrogen-bond donors (Lipinski definition) is 0. The zero-order valence-electron chi connectivity index (χ0n) is 13.7. The van der Waals surface area contributed by atoms with E-state index < -0.39 is 5.97 Å². The van der Waals surface area contributed by atoms with E-state index in [1.165, 1.54) is 6.92 Å². The third-order valence-electron chi connectivity index (χ3n) is 3.25. The van der Waals surface area contributed by atoms with Crippen LogP contribution < -0.4 is 0 Å². The van der Waals surface area contributed by atoms with Gasteiger partial charge < -0.3 is 4.84 Å². The Kier molecular flexibility index (Phi) is 5.47. The van der Waals surface area contributed by atoms with Gasteiger partial charge >= 0.3 is 5.97 Å². The number of benzene rings is 2. The second-order valence-electron chi connectivity index (χ2n) is 5.93. The Hall–Kier alpha value is -2.68. The van der Waals surface area contributed by atoms with Crippen molar-refractivity contribution in [2.24, 2.45) is 10.6 Å². The van der Waals surface area contributed by atoms with Crippen molar-refractivity contribution >= 4 is 17.8 Å². The van der Waals surface area contributed by atoms with Gasteiger partial charge in [0.2, 0.25) is 0 Å². The molecule has 2 aromatic carbocycles. The summed E-state index contributed by atoms with van der Waals surface area (Å²) in [5, 5.41) is 3.76. The molecule has 2 rings (SSSR count). The number of oxime groups is 1. The fourth-order valence-electron chi connectivity index (χ4n) is 2.21. The van der Waals surface area contributed by atoms with E-state index in [1.807, 2.05) is 50.2 Å². The maximum Gasteiger partial charge on any atom is 0.331 e. The summed E-state index contributed by atoms with van der Waals surface area (Å²) in [6.07, 6.45) is 3.77. The fraction of sp³-hybridized carbons (Fsp3) is 0.200. The maximum absolute atomic E-state index is 10.8. The van der Waals surface area contributed by atoms with E-state index in [4.69, 9.17) is 0 Å². The zero-order valence-corrected chi connectivity index (χ0v) is 13.7. The topological polar surface area (TPSA) is 38.7 Å². The predicted octanol–water partition coefficient (Wildman–Crippen LogP) is 4.69. The molecule has 0 atom stereocenters. The van der Waals surface area contributed by atoms with Gasteiger partial charge in [0.15, 0.2) is 0 Å². The van der Waals surface area contributed by atoms with E-state index in [0.29, 0.717) is 0 Å². The van der Waals surface area contributed by atoms with E-state index in [2.05, 4.69) is 40.3 Å². The van der Waals surface area contributed by atoms with Crippen LogP contribution in [0.3, 0.4) is 0 Å². The normalized spacial score (nSPS) is 11.3. The van der Waals surface area contributed by atoms with Gasteiger partial charge in [0, 0.05) is 12.3 Å². The second kappa shape index (κ2) is 7.54. The number of carbonyl (C=O) groups excluding carboxylic acids is 1. The van der Waals surface area contributed by atoms with E-state index in [0.717, 1.165) is 16.7 Å². The van der Waals surface area contributed by atoms with Gasteiger partial charge in [-0.05, 0) is 16.7 Å². The van der Waals surface area contributed by atoms with Crippen molar-refractivity contribution in [1.82, 2.24) is 0 Å². The highest BCUT2D eigenvalue weighted by Gasteiger charge is 2.16. The summed E-state index contributed by atoms with van der Waals surface area (Å²) >= 11 is 0. The summed E-state index contributed by atoms with van der Waals surface area (Å²) in [7, 11) is 0. The molecule has 0 aromatic heterocycles. The molecule has 0 saturated carbocycles. The summed E-state index contributed by atoms with van der Waals surface area (Å²) in [5.41, 5.74) is 3.02. The van der Waals surface area contributed by atoms with E-state index in [1.54, 1.807) is 6.21 Å². The monoisotopic (exact) mass is 307 g/mol. The molecule has 0 radical (unpaired) electrons. The third-order valence-corrected chi connectivity index (χ3v) is 3.25. The lowest BCUT2D eigenvalue weighted by Gasteiger charge is -2.18. The van der Waals surface area contributed by atoms with Crippen LogP contribution in [0.25, 0.3) is 5.57 Å². The fourth-order valence-corrected chi connectivity index (χ4v) is 2.21. The highest BCUT2D eigenvalue weighted by molar-refractivity contribution is 5.83. The highest BCUT2D eigenvalue weighted by atomic mass is 16.7. The number of carbonyl (C=O) groups is 1. The number of rotatable bonds is 5. The van der Waals surface area contributed by atoms with Crippen molar-refractivity contribution in [3.8, 4) is 0 Å². The first kappa shape index (κ1) is 16.7. The molecule has 3 heteroatoms. The van der Waals surface area contributed by atoms with Crippen LogP contribution >= 0.6 is 0 Å². The van der Waals surface area contributed by atoms with Gasteiger partial charge in [0.1, 0.15) is 0 Å². The Morgan fingerprint density at radius 3 is 1.87 bits per heavy atom. The van der Waals surface area contributed by atoms with Gasteiger partial charge in [-0.15, -0.1) is 0 Å². The molecular formula is C20H21NO2. The van der Waals surface area contributed by atoms with Crippen molar-refractivity contribution < 1.29 is 9.63 Å². The number of nitrogens with zero attached hydrogens (tertiary/aromatic N) is 1. The van der Waals surface area contributed by atoms with E-state index >= 15 is 0 Å². The summed E-state index contributed by atoms with van der Waals surface area (Å²) in [4.78, 5) is 15.5. The molecule has 0 saturated heterocycles. The summed E-state index contributed by atoms with van der Waals surface area (Å²) in [5.74, 6) is -0.424. The third kappa shape index (κ3) is 5.22. The molecule has 0 unspecified atom stereocenters. The Morgan fingerprint density at radius 2 is 1.43 bits per heavy atom. The first-order valence-electron chi connectivity index (χ1n) is 7.54.